The third-order valence-electron chi connectivity index (χ3n) is 2.64. The normalized spacial score (nSPS) is 34.0. The van der Waals surface area contributed by atoms with Crippen LogP contribution in [0.2, 0.25) is 0 Å². The lowest BCUT2D eigenvalue weighted by Crippen LogP contribution is -2.64. The summed E-state index contributed by atoms with van der Waals surface area (Å²) in [5.74, 6) is 6.51. The van der Waals surface area contributed by atoms with E-state index in [0.717, 1.165) is 19.0 Å². The summed E-state index contributed by atoms with van der Waals surface area (Å²) in [5.41, 5.74) is 0.689. The second-order valence-corrected chi connectivity index (χ2v) is 3.92. The second kappa shape index (κ2) is 1.50. The van der Waals surface area contributed by atoms with E-state index in [1.165, 1.54) is 12.8 Å². The van der Waals surface area contributed by atoms with E-state index in [2.05, 4.69) is 6.92 Å². The highest BCUT2D eigenvalue weighted by atomic mass is 15.4. The van der Waals surface area contributed by atoms with Gasteiger partial charge in [0.15, 0.2) is 0 Å². The Hall–Kier alpha value is -0.0800. The highest BCUT2D eigenvalue weighted by Gasteiger charge is 2.49. The fourth-order valence-electron chi connectivity index (χ4n) is 2.49. The number of hydrogen-bond donors (Lipinski definition) is 1. The molecule has 2 fully saturated rings. The number of hydrazine groups is 1. The predicted octanol–water partition coefficient (Wildman–Crippen LogP) is 0.592. The molecule has 1 aliphatic heterocycles. The second-order valence-electron chi connectivity index (χ2n) is 3.92. The molecule has 0 radical (unpaired) electrons. The average Bonchev–Trinajstić information content (AvgIpc) is 1.58. The Labute approximate surface area is 56.0 Å². The van der Waals surface area contributed by atoms with Crippen molar-refractivity contribution in [1.29, 1.82) is 0 Å². The van der Waals surface area contributed by atoms with E-state index in [9.17, 15) is 0 Å². The zero-order chi connectivity index (χ0) is 6.48. The first-order chi connectivity index (χ1) is 4.20. The van der Waals surface area contributed by atoms with Crippen molar-refractivity contribution in [3.05, 3.63) is 0 Å². The Morgan fingerprint density at radius 3 is 2.33 bits per heavy atom. The average molecular weight is 126 g/mol. The number of rotatable bonds is 0. The van der Waals surface area contributed by atoms with Gasteiger partial charge in [0.05, 0.1) is 0 Å². The lowest BCUT2D eigenvalue weighted by molar-refractivity contribution is -0.0899. The fourth-order valence-corrected chi connectivity index (χ4v) is 2.49. The summed E-state index contributed by atoms with van der Waals surface area (Å²) in [4.78, 5) is 0. The van der Waals surface area contributed by atoms with Crippen LogP contribution in [0.15, 0.2) is 0 Å². The third kappa shape index (κ3) is 0.700. The molecule has 0 atom stereocenters. The van der Waals surface area contributed by atoms with E-state index in [0.29, 0.717) is 5.41 Å². The predicted molar refractivity (Wildman–Crippen MR) is 36.6 cm³/mol. The summed E-state index contributed by atoms with van der Waals surface area (Å²) >= 11 is 0. The zero-order valence-electron chi connectivity index (χ0n) is 5.93. The van der Waals surface area contributed by atoms with Crippen LogP contribution in [-0.2, 0) is 0 Å². The van der Waals surface area contributed by atoms with Gasteiger partial charge in [0.1, 0.15) is 0 Å². The van der Waals surface area contributed by atoms with Crippen LogP contribution in [-0.4, -0.2) is 18.1 Å². The van der Waals surface area contributed by atoms with Crippen LogP contribution < -0.4 is 5.84 Å². The Morgan fingerprint density at radius 1 is 1.44 bits per heavy atom. The molecule has 1 saturated heterocycles. The lowest BCUT2D eigenvalue weighted by atomic mass is 9.59. The molecule has 9 heavy (non-hydrogen) atoms. The van der Waals surface area contributed by atoms with Crippen molar-refractivity contribution >= 4 is 0 Å². The first-order valence-corrected chi connectivity index (χ1v) is 3.70. The van der Waals surface area contributed by atoms with Gasteiger partial charge in [-0.2, -0.15) is 0 Å². The third-order valence-corrected chi connectivity index (χ3v) is 2.64. The fraction of sp³-hybridized carbons (Fsp3) is 1.00. The zero-order valence-corrected chi connectivity index (χ0v) is 5.93. The molecule has 2 heteroatoms. The van der Waals surface area contributed by atoms with Crippen molar-refractivity contribution in [2.45, 2.75) is 19.8 Å². The summed E-state index contributed by atoms with van der Waals surface area (Å²) in [7, 11) is 0. The van der Waals surface area contributed by atoms with Gasteiger partial charge in [-0.3, -0.25) is 5.84 Å². The largest absolute Gasteiger partial charge is 0.269 e. The first-order valence-electron chi connectivity index (χ1n) is 3.70. The topological polar surface area (TPSA) is 29.3 Å². The number of nitrogens with two attached hydrogens (primary N) is 1. The van der Waals surface area contributed by atoms with Crippen LogP contribution in [0.5, 0.6) is 0 Å². The van der Waals surface area contributed by atoms with Crippen LogP contribution in [0.1, 0.15) is 19.8 Å². The quantitative estimate of drug-likeness (QED) is 0.481. The van der Waals surface area contributed by atoms with Gasteiger partial charge in [-0.05, 0) is 24.2 Å². The Morgan fingerprint density at radius 2 is 2.00 bits per heavy atom. The van der Waals surface area contributed by atoms with Crippen molar-refractivity contribution in [1.82, 2.24) is 5.01 Å². The van der Waals surface area contributed by atoms with E-state index >= 15 is 0 Å². The van der Waals surface area contributed by atoms with Crippen LogP contribution in [0.25, 0.3) is 0 Å². The molecule has 2 rings (SSSR count). The van der Waals surface area contributed by atoms with Crippen molar-refractivity contribution in [2.75, 3.05) is 13.1 Å². The molecule has 0 bridgehead atoms. The Bertz CT molecular complexity index is 101. The minimum absolute atomic E-state index is 0.689. The van der Waals surface area contributed by atoms with Gasteiger partial charge in [0, 0.05) is 13.1 Å². The molecule has 2 aliphatic rings. The van der Waals surface area contributed by atoms with E-state index in [4.69, 9.17) is 5.84 Å². The van der Waals surface area contributed by atoms with Gasteiger partial charge in [-0.15, -0.1) is 0 Å². The van der Waals surface area contributed by atoms with Crippen molar-refractivity contribution in [3.63, 3.8) is 0 Å². The first kappa shape index (κ1) is 5.69. The number of nitrogens with zero attached hydrogens (tertiary/aromatic N) is 1. The van der Waals surface area contributed by atoms with Gasteiger partial charge < -0.3 is 0 Å². The summed E-state index contributed by atoms with van der Waals surface area (Å²) < 4.78 is 0. The Kier molecular flexibility index (Phi) is 0.945. The van der Waals surface area contributed by atoms with Crippen molar-refractivity contribution in [3.8, 4) is 0 Å². The van der Waals surface area contributed by atoms with Crippen LogP contribution in [0, 0.1) is 11.3 Å². The van der Waals surface area contributed by atoms with Crippen LogP contribution in [0.4, 0.5) is 0 Å². The Balaban J connectivity index is 1.87. The van der Waals surface area contributed by atoms with Gasteiger partial charge in [-0.25, -0.2) is 5.01 Å². The smallest absolute Gasteiger partial charge is 0.0198 e. The molecule has 1 spiro atoms. The highest BCUT2D eigenvalue weighted by molar-refractivity contribution is 5.01. The van der Waals surface area contributed by atoms with E-state index in [1.54, 1.807) is 0 Å². The van der Waals surface area contributed by atoms with Gasteiger partial charge in [-0.1, -0.05) is 6.92 Å². The molecular weight excluding hydrogens is 112 g/mol. The molecule has 1 saturated carbocycles. The summed E-state index contributed by atoms with van der Waals surface area (Å²) in [6.45, 7) is 4.62. The van der Waals surface area contributed by atoms with Crippen LogP contribution >= 0.6 is 0 Å². The van der Waals surface area contributed by atoms with Gasteiger partial charge in [0.2, 0.25) is 0 Å². The summed E-state index contributed by atoms with van der Waals surface area (Å²) in [6, 6.07) is 0. The molecule has 1 aliphatic carbocycles. The molecule has 0 aromatic carbocycles. The lowest BCUT2D eigenvalue weighted by Gasteiger charge is -2.57. The van der Waals surface area contributed by atoms with Crippen LogP contribution in [0.3, 0.4) is 0 Å². The molecule has 0 amide bonds. The molecule has 52 valence electrons. The van der Waals surface area contributed by atoms with Gasteiger partial charge in [0.25, 0.3) is 0 Å². The molecule has 2 N–H and O–H groups in total. The number of hydrogen-bond acceptors (Lipinski definition) is 2. The van der Waals surface area contributed by atoms with Gasteiger partial charge >= 0.3 is 0 Å². The van der Waals surface area contributed by atoms with E-state index < -0.39 is 0 Å². The van der Waals surface area contributed by atoms with Crippen molar-refractivity contribution in [2.24, 2.45) is 17.2 Å². The molecule has 0 unspecified atom stereocenters. The van der Waals surface area contributed by atoms with E-state index in [1.807, 2.05) is 5.01 Å². The van der Waals surface area contributed by atoms with Crippen molar-refractivity contribution < 1.29 is 0 Å². The summed E-state index contributed by atoms with van der Waals surface area (Å²) in [5, 5.41) is 1.92. The van der Waals surface area contributed by atoms with E-state index in [-0.39, 0.29) is 0 Å². The SMILES string of the molecule is CC1CC2(C1)CN(N)C2. The maximum atomic E-state index is 5.54. The minimum Gasteiger partial charge on any atom is -0.269 e. The molecule has 2 nitrogen and oxygen atoms in total. The summed E-state index contributed by atoms with van der Waals surface area (Å²) in [6.07, 6.45) is 2.83. The molecule has 0 aromatic rings. The monoisotopic (exact) mass is 126 g/mol. The maximum Gasteiger partial charge on any atom is 0.0198 e. The molecule has 1 heterocycles. The minimum atomic E-state index is 0.689. The molecular formula is C7H14N2. The maximum absolute atomic E-state index is 5.54. The standard InChI is InChI=1S/C7H14N2/c1-6-2-7(3-6)4-9(8)5-7/h6H,2-5,8H2,1H3. The highest BCUT2D eigenvalue weighted by Crippen LogP contribution is 2.50. The molecule has 0 aromatic heterocycles.